The molecule has 2 saturated heterocycles. The second-order valence-electron chi connectivity index (χ2n) is 8.86. The average Bonchev–Trinajstić information content (AvgIpc) is 2.76. The molecule has 2 amide bonds. The molecule has 2 unspecified atom stereocenters. The third-order valence-corrected chi connectivity index (χ3v) is 6.65. The zero-order chi connectivity index (χ0) is 23.5. The number of amides is 2. The van der Waals surface area contributed by atoms with Crippen LogP contribution < -0.4 is 15.4 Å². The van der Waals surface area contributed by atoms with E-state index in [0.717, 1.165) is 19.4 Å². The molecule has 0 spiro atoms. The molecule has 7 nitrogen and oxygen atoms in total. The smallest absolute Gasteiger partial charge is 0.255 e. The molecular formula is C25H30ClN3O4. The van der Waals surface area contributed by atoms with Crippen LogP contribution in [0.25, 0.3) is 0 Å². The van der Waals surface area contributed by atoms with Gasteiger partial charge in [-0.05, 0) is 31.4 Å². The van der Waals surface area contributed by atoms with E-state index in [0.29, 0.717) is 30.2 Å². The first kappa shape index (κ1) is 23.5. The van der Waals surface area contributed by atoms with Crippen LogP contribution in [0.3, 0.4) is 0 Å². The maximum atomic E-state index is 13.1. The maximum Gasteiger partial charge on any atom is 0.255 e. The molecule has 8 heteroatoms. The Labute approximate surface area is 199 Å². The van der Waals surface area contributed by atoms with E-state index in [9.17, 15) is 9.59 Å². The van der Waals surface area contributed by atoms with Crippen LogP contribution in [-0.4, -0.2) is 55.2 Å². The van der Waals surface area contributed by atoms with Crippen LogP contribution in [0.15, 0.2) is 36.4 Å². The Morgan fingerprint density at radius 3 is 2.42 bits per heavy atom. The van der Waals surface area contributed by atoms with Gasteiger partial charge in [-0.3, -0.25) is 14.5 Å². The molecule has 2 fully saturated rings. The number of carbonyl (C=O) groups excluding carboxylic acids is 2. The van der Waals surface area contributed by atoms with E-state index in [4.69, 9.17) is 21.1 Å². The summed E-state index contributed by atoms with van der Waals surface area (Å²) in [5.41, 5.74) is 3.30. The molecule has 0 aromatic heterocycles. The number of aryl methyl sites for hydroxylation is 1. The number of anilines is 1. The lowest BCUT2D eigenvalue weighted by molar-refractivity contribution is -0.114. The third kappa shape index (κ3) is 5.49. The van der Waals surface area contributed by atoms with E-state index >= 15 is 0 Å². The molecule has 2 aliphatic heterocycles. The summed E-state index contributed by atoms with van der Waals surface area (Å²) in [6, 6.07) is 12.3. The summed E-state index contributed by atoms with van der Waals surface area (Å²) < 4.78 is 11.2. The molecule has 2 atom stereocenters. The Morgan fingerprint density at radius 1 is 1.15 bits per heavy atom. The number of rotatable bonds is 6. The van der Waals surface area contributed by atoms with Crippen LogP contribution in [0.2, 0.25) is 5.02 Å². The molecular weight excluding hydrogens is 442 g/mol. The summed E-state index contributed by atoms with van der Waals surface area (Å²) in [4.78, 5) is 27.0. The van der Waals surface area contributed by atoms with Gasteiger partial charge in [-0.1, -0.05) is 41.4 Å². The highest BCUT2D eigenvalue weighted by atomic mass is 35.5. The van der Waals surface area contributed by atoms with Gasteiger partial charge in [0.1, 0.15) is 5.75 Å². The van der Waals surface area contributed by atoms with Gasteiger partial charge in [0.25, 0.3) is 5.91 Å². The van der Waals surface area contributed by atoms with Crippen LogP contribution >= 0.6 is 11.6 Å². The number of fused-ring (bicyclic) bond motifs is 2. The van der Waals surface area contributed by atoms with Crippen molar-refractivity contribution >= 4 is 29.1 Å². The number of carbonyl (C=O) groups is 2. The van der Waals surface area contributed by atoms with Crippen LogP contribution in [0.4, 0.5) is 5.69 Å². The highest BCUT2D eigenvalue weighted by Gasteiger charge is 2.39. The van der Waals surface area contributed by atoms with E-state index in [-0.39, 0.29) is 35.0 Å². The summed E-state index contributed by atoms with van der Waals surface area (Å²) in [5, 5.41) is 6.11. The monoisotopic (exact) mass is 471 g/mol. The molecule has 2 aliphatic rings. The van der Waals surface area contributed by atoms with Gasteiger partial charge in [0.05, 0.1) is 36.6 Å². The second kappa shape index (κ2) is 10.1. The predicted molar refractivity (Wildman–Crippen MR) is 128 cm³/mol. The minimum atomic E-state index is -0.248. The minimum Gasteiger partial charge on any atom is -0.496 e. The van der Waals surface area contributed by atoms with Gasteiger partial charge in [0.2, 0.25) is 5.91 Å². The summed E-state index contributed by atoms with van der Waals surface area (Å²) in [6.45, 7) is 5.70. The molecule has 4 rings (SSSR count). The lowest BCUT2D eigenvalue weighted by Crippen LogP contribution is -2.60. The largest absolute Gasteiger partial charge is 0.496 e. The number of hydrogen-bond donors (Lipinski definition) is 2. The molecule has 2 aromatic rings. The van der Waals surface area contributed by atoms with Crippen molar-refractivity contribution in [2.45, 2.75) is 51.4 Å². The van der Waals surface area contributed by atoms with Crippen molar-refractivity contribution in [3.8, 4) is 5.75 Å². The Morgan fingerprint density at radius 2 is 1.82 bits per heavy atom. The zero-order valence-electron chi connectivity index (χ0n) is 19.2. The van der Waals surface area contributed by atoms with E-state index in [2.05, 4.69) is 46.7 Å². The van der Waals surface area contributed by atoms with Crippen LogP contribution in [0.1, 0.15) is 41.3 Å². The summed E-state index contributed by atoms with van der Waals surface area (Å²) in [7, 11) is 1.49. The Hall–Kier alpha value is -2.61. The lowest BCUT2D eigenvalue weighted by Gasteiger charge is -2.48. The van der Waals surface area contributed by atoms with Crippen molar-refractivity contribution in [2.75, 3.05) is 25.6 Å². The Kier molecular flexibility index (Phi) is 7.22. The van der Waals surface area contributed by atoms with Crippen LogP contribution in [0.5, 0.6) is 5.75 Å². The molecule has 2 bridgehead atoms. The number of methoxy groups -OCH3 is 1. The topological polar surface area (TPSA) is 79.9 Å². The number of benzene rings is 2. The molecule has 33 heavy (non-hydrogen) atoms. The number of morpholine rings is 1. The summed E-state index contributed by atoms with van der Waals surface area (Å²) >= 11 is 6.30. The van der Waals surface area contributed by atoms with Crippen molar-refractivity contribution in [1.29, 1.82) is 0 Å². The normalized spacial score (nSPS) is 22.5. The van der Waals surface area contributed by atoms with E-state index < -0.39 is 0 Å². The van der Waals surface area contributed by atoms with Gasteiger partial charge >= 0.3 is 0 Å². The standard InChI is InChI=1S/C25H30ClN3O4/c1-15-4-6-17(7-5-15)12-29-19-8-18(9-20(29)14-33-13-19)28-25(31)21-10-22(26)23(27-16(2)30)11-24(21)32-3/h4-7,10-11,18-20H,8-9,12-14H2,1-3H3,(H,27,30)(H,28,31). The number of ether oxygens (including phenoxy) is 2. The van der Waals surface area contributed by atoms with Gasteiger partial charge < -0.3 is 20.1 Å². The second-order valence-corrected chi connectivity index (χ2v) is 9.27. The number of nitrogens with one attached hydrogen (secondary N) is 2. The number of halogens is 1. The van der Waals surface area contributed by atoms with Gasteiger partial charge in [0.15, 0.2) is 0 Å². The SMILES string of the molecule is COc1cc(NC(C)=O)c(Cl)cc1C(=O)NC1CC2COCC(C1)N2Cc1ccc(C)cc1. The fourth-order valence-electron chi connectivity index (χ4n) is 4.72. The van der Waals surface area contributed by atoms with E-state index in [1.807, 2.05) is 0 Å². The highest BCUT2D eigenvalue weighted by molar-refractivity contribution is 6.34. The fraction of sp³-hybridized carbons (Fsp3) is 0.440. The molecule has 2 heterocycles. The number of piperidine rings is 1. The van der Waals surface area contributed by atoms with Crippen LogP contribution in [0, 0.1) is 6.92 Å². The molecule has 0 aliphatic carbocycles. The summed E-state index contributed by atoms with van der Waals surface area (Å²) in [5.74, 6) is -0.123. The van der Waals surface area contributed by atoms with Crippen molar-refractivity contribution in [2.24, 2.45) is 0 Å². The van der Waals surface area contributed by atoms with Gasteiger partial charge in [-0.15, -0.1) is 0 Å². The van der Waals surface area contributed by atoms with Gasteiger partial charge in [0, 0.05) is 37.7 Å². The number of hydrogen-bond acceptors (Lipinski definition) is 5. The first-order chi connectivity index (χ1) is 15.8. The molecule has 176 valence electrons. The molecule has 2 N–H and O–H groups in total. The molecule has 0 radical (unpaired) electrons. The first-order valence-electron chi connectivity index (χ1n) is 11.2. The number of nitrogens with zero attached hydrogens (tertiary/aromatic N) is 1. The maximum absolute atomic E-state index is 13.1. The lowest BCUT2D eigenvalue weighted by atomic mass is 9.89. The first-order valence-corrected chi connectivity index (χ1v) is 11.6. The average molecular weight is 472 g/mol. The Balaban J connectivity index is 1.45. The predicted octanol–water partition coefficient (Wildman–Crippen LogP) is 3.78. The van der Waals surface area contributed by atoms with Crippen molar-refractivity contribution < 1.29 is 19.1 Å². The van der Waals surface area contributed by atoms with Gasteiger partial charge in [-0.25, -0.2) is 0 Å². The van der Waals surface area contributed by atoms with Crippen molar-refractivity contribution in [1.82, 2.24) is 10.2 Å². The third-order valence-electron chi connectivity index (χ3n) is 6.34. The molecule has 0 saturated carbocycles. The Bertz CT molecular complexity index is 1010. The van der Waals surface area contributed by atoms with Crippen molar-refractivity contribution in [3.05, 3.63) is 58.1 Å². The van der Waals surface area contributed by atoms with Gasteiger partial charge in [-0.2, -0.15) is 0 Å². The van der Waals surface area contributed by atoms with E-state index in [1.165, 1.54) is 31.2 Å². The minimum absolute atomic E-state index is 0.0316. The quantitative estimate of drug-likeness (QED) is 0.670. The van der Waals surface area contributed by atoms with E-state index in [1.54, 1.807) is 6.07 Å². The fourth-order valence-corrected chi connectivity index (χ4v) is 4.93. The molecule has 2 aromatic carbocycles. The highest BCUT2D eigenvalue weighted by Crippen LogP contribution is 2.33. The zero-order valence-corrected chi connectivity index (χ0v) is 19.9. The summed E-state index contributed by atoms with van der Waals surface area (Å²) in [6.07, 6.45) is 1.63. The van der Waals surface area contributed by atoms with Crippen LogP contribution in [-0.2, 0) is 16.1 Å². The van der Waals surface area contributed by atoms with Crippen molar-refractivity contribution in [3.63, 3.8) is 0 Å².